The van der Waals surface area contributed by atoms with Crippen molar-refractivity contribution in [3.05, 3.63) is 18.0 Å². The Morgan fingerprint density at radius 1 is 1.62 bits per heavy atom. The molecule has 0 unspecified atom stereocenters. The SMILES string of the molecule is CC(C)(C)n1cc([C@H](N)CO)cn1. The summed E-state index contributed by atoms with van der Waals surface area (Å²) in [6.07, 6.45) is 3.58. The Bertz CT molecular complexity index is 275. The first-order chi connectivity index (χ1) is 5.95. The molecule has 0 aliphatic rings. The van der Waals surface area contributed by atoms with E-state index in [1.165, 1.54) is 0 Å². The molecule has 0 aromatic carbocycles. The van der Waals surface area contributed by atoms with E-state index in [4.69, 9.17) is 10.8 Å². The number of hydrogen-bond acceptors (Lipinski definition) is 3. The largest absolute Gasteiger partial charge is 0.394 e. The van der Waals surface area contributed by atoms with Crippen molar-refractivity contribution in [3.63, 3.8) is 0 Å². The van der Waals surface area contributed by atoms with Crippen LogP contribution in [0, 0.1) is 0 Å². The van der Waals surface area contributed by atoms with Gasteiger partial charge in [0.2, 0.25) is 0 Å². The summed E-state index contributed by atoms with van der Waals surface area (Å²) in [6.45, 7) is 6.15. The van der Waals surface area contributed by atoms with Gasteiger partial charge in [0.25, 0.3) is 0 Å². The highest BCUT2D eigenvalue weighted by Crippen LogP contribution is 2.15. The Balaban J connectivity index is 2.87. The lowest BCUT2D eigenvalue weighted by Crippen LogP contribution is -2.22. The molecule has 74 valence electrons. The molecular weight excluding hydrogens is 166 g/mol. The minimum atomic E-state index is -0.323. The molecule has 0 aliphatic heterocycles. The number of nitrogens with zero attached hydrogens (tertiary/aromatic N) is 2. The Labute approximate surface area is 78.4 Å². The van der Waals surface area contributed by atoms with E-state index in [-0.39, 0.29) is 18.2 Å². The predicted octanol–water partition coefficient (Wildman–Crippen LogP) is 0.630. The van der Waals surface area contributed by atoms with E-state index in [1.807, 2.05) is 10.9 Å². The summed E-state index contributed by atoms with van der Waals surface area (Å²) >= 11 is 0. The molecular formula is C9H17N3O. The monoisotopic (exact) mass is 183 g/mol. The van der Waals surface area contributed by atoms with Gasteiger partial charge in [0, 0.05) is 11.8 Å². The fourth-order valence-electron chi connectivity index (χ4n) is 1.00. The highest BCUT2D eigenvalue weighted by Gasteiger charge is 2.15. The van der Waals surface area contributed by atoms with Crippen molar-refractivity contribution in [2.75, 3.05) is 6.61 Å². The van der Waals surface area contributed by atoms with Crippen molar-refractivity contribution in [1.82, 2.24) is 9.78 Å². The maximum atomic E-state index is 8.84. The third-order valence-corrected chi connectivity index (χ3v) is 1.91. The second kappa shape index (κ2) is 3.47. The number of aliphatic hydroxyl groups excluding tert-OH is 1. The highest BCUT2D eigenvalue weighted by atomic mass is 16.3. The van der Waals surface area contributed by atoms with Crippen LogP contribution in [-0.2, 0) is 5.54 Å². The van der Waals surface area contributed by atoms with Crippen LogP contribution in [0.2, 0.25) is 0 Å². The number of rotatable bonds is 2. The molecule has 0 bridgehead atoms. The topological polar surface area (TPSA) is 64.1 Å². The Morgan fingerprint density at radius 2 is 2.23 bits per heavy atom. The molecule has 0 aliphatic carbocycles. The lowest BCUT2D eigenvalue weighted by Gasteiger charge is -2.18. The summed E-state index contributed by atoms with van der Waals surface area (Å²) in [5, 5.41) is 13.0. The Kier molecular flexibility index (Phi) is 2.73. The van der Waals surface area contributed by atoms with E-state index >= 15 is 0 Å². The first-order valence-electron chi connectivity index (χ1n) is 4.36. The van der Waals surface area contributed by atoms with Crippen molar-refractivity contribution in [3.8, 4) is 0 Å². The Hall–Kier alpha value is -0.870. The van der Waals surface area contributed by atoms with Crippen LogP contribution in [0.5, 0.6) is 0 Å². The Morgan fingerprint density at radius 3 is 2.62 bits per heavy atom. The normalized spacial score (nSPS) is 14.5. The van der Waals surface area contributed by atoms with Crippen LogP contribution in [0.15, 0.2) is 12.4 Å². The van der Waals surface area contributed by atoms with Gasteiger partial charge >= 0.3 is 0 Å². The van der Waals surface area contributed by atoms with Gasteiger partial charge in [-0.1, -0.05) is 0 Å². The fraction of sp³-hybridized carbons (Fsp3) is 0.667. The number of hydrogen-bond donors (Lipinski definition) is 2. The van der Waals surface area contributed by atoms with Gasteiger partial charge in [-0.2, -0.15) is 5.10 Å². The fourth-order valence-corrected chi connectivity index (χ4v) is 1.00. The molecule has 0 radical (unpaired) electrons. The predicted molar refractivity (Wildman–Crippen MR) is 51.2 cm³/mol. The molecule has 1 aromatic rings. The zero-order valence-corrected chi connectivity index (χ0v) is 8.36. The molecule has 13 heavy (non-hydrogen) atoms. The third-order valence-electron chi connectivity index (χ3n) is 1.91. The van der Waals surface area contributed by atoms with Gasteiger partial charge in [-0.3, -0.25) is 4.68 Å². The first-order valence-corrected chi connectivity index (χ1v) is 4.36. The quantitative estimate of drug-likeness (QED) is 0.707. The molecule has 0 spiro atoms. The average molecular weight is 183 g/mol. The van der Waals surface area contributed by atoms with Crippen molar-refractivity contribution in [2.45, 2.75) is 32.4 Å². The summed E-state index contributed by atoms with van der Waals surface area (Å²) in [4.78, 5) is 0. The molecule has 4 nitrogen and oxygen atoms in total. The van der Waals surface area contributed by atoms with Crippen molar-refractivity contribution in [2.24, 2.45) is 5.73 Å². The van der Waals surface area contributed by atoms with E-state index in [0.29, 0.717) is 0 Å². The molecule has 1 rings (SSSR count). The van der Waals surface area contributed by atoms with Crippen LogP contribution in [0.25, 0.3) is 0 Å². The van der Waals surface area contributed by atoms with Gasteiger partial charge in [-0.25, -0.2) is 0 Å². The van der Waals surface area contributed by atoms with Gasteiger partial charge < -0.3 is 10.8 Å². The van der Waals surface area contributed by atoms with Crippen LogP contribution < -0.4 is 5.73 Å². The first kappa shape index (κ1) is 10.2. The van der Waals surface area contributed by atoms with Crippen LogP contribution >= 0.6 is 0 Å². The van der Waals surface area contributed by atoms with Gasteiger partial charge in [0.05, 0.1) is 24.4 Å². The summed E-state index contributed by atoms with van der Waals surface area (Å²) < 4.78 is 1.85. The minimum Gasteiger partial charge on any atom is -0.394 e. The molecule has 1 atom stereocenters. The minimum absolute atomic E-state index is 0.0343. The maximum absolute atomic E-state index is 8.84. The lowest BCUT2D eigenvalue weighted by molar-refractivity contribution is 0.267. The van der Waals surface area contributed by atoms with Crippen LogP contribution in [0.4, 0.5) is 0 Å². The van der Waals surface area contributed by atoms with E-state index in [2.05, 4.69) is 25.9 Å². The van der Waals surface area contributed by atoms with E-state index < -0.39 is 0 Å². The second-order valence-electron chi connectivity index (χ2n) is 4.18. The summed E-state index contributed by atoms with van der Waals surface area (Å²) in [5.41, 5.74) is 6.49. The van der Waals surface area contributed by atoms with Gasteiger partial charge in [0.1, 0.15) is 0 Å². The molecule has 0 saturated heterocycles. The van der Waals surface area contributed by atoms with E-state index in [0.717, 1.165) is 5.56 Å². The van der Waals surface area contributed by atoms with Crippen molar-refractivity contribution in [1.29, 1.82) is 0 Å². The van der Waals surface area contributed by atoms with Crippen molar-refractivity contribution < 1.29 is 5.11 Å². The van der Waals surface area contributed by atoms with Gasteiger partial charge in [0.15, 0.2) is 0 Å². The van der Waals surface area contributed by atoms with Gasteiger partial charge in [-0.15, -0.1) is 0 Å². The molecule has 1 heterocycles. The average Bonchev–Trinajstić information content (AvgIpc) is 2.50. The molecule has 4 heteroatoms. The molecule has 0 fully saturated rings. The third kappa shape index (κ3) is 2.29. The second-order valence-corrected chi connectivity index (χ2v) is 4.18. The van der Waals surface area contributed by atoms with Crippen LogP contribution in [0.3, 0.4) is 0 Å². The zero-order chi connectivity index (χ0) is 10.1. The van der Waals surface area contributed by atoms with Gasteiger partial charge in [-0.05, 0) is 20.8 Å². The number of nitrogens with two attached hydrogens (primary N) is 1. The molecule has 0 saturated carbocycles. The lowest BCUT2D eigenvalue weighted by atomic mass is 10.1. The molecule has 3 N–H and O–H groups in total. The zero-order valence-electron chi connectivity index (χ0n) is 8.36. The summed E-state index contributed by atoms with van der Waals surface area (Å²) in [6, 6.07) is -0.323. The summed E-state index contributed by atoms with van der Waals surface area (Å²) in [7, 11) is 0. The number of aromatic nitrogens is 2. The van der Waals surface area contributed by atoms with Crippen LogP contribution in [0.1, 0.15) is 32.4 Å². The number of aliphatic hydroxyl groups is 1. The van der Waals surface area contributed by atoms with E-state index in [9.17, 15) is 0 Å². The van der Waals surface area contributed by atoms with E-state index in [1.54, 1.807) is 6.20 Å². The van der Waals surface area contributed by atoms with Crippen molar-refractivity contribution >= 4 is 0 Å². The summed E-state index contributed by atoms with van der Waals surface area (Å²) in [5.74, 6) is 0. The maximum Gasteiger partial charge on any atom is 0.0625 e. The smallest absolute Gasteiger partial charge is 0.0625 e. The highest BCUT2D eigenvalue weighted by molar-refractivity contribution is 5.10. The molecule has 0 amide bonds. The standard InChI is InChI=1S/C9H17N3O/c1-9(2,3)12-5-7(4-11-12)8(10)6-13/h4-5,8,13H,6,10H2,1-3H3/t8-/m1/s1. The molecule has 1 aromatic heterocycles. The van der Waals surface area contributed by atoms with Crippen LogP contribution in [-0.4, -0.2) is 21.5 Å².